The molecule has 4 aromatic rings. The normalized spacial score (nSPS) is 10.6. The van der Waals surface area contributed by atoms with Gasteiger partial charge in [-0.2, -0.15) is 0 Å². The number of nitrogens with one attached hydrogen (secondary N) is 2. The number of thioether (sulfide) groups is 1. The molecule has 0 unspecified atom stereocenters. The van der Waals surface area contributed by atoms with Gasteiger partial charge in [0.05, 0.1) is 17.2 Å². The average molecular weight is 494 g/mol. The molecule has 0 saturated carbocycles. The largest absolute Gasteiger partial charge is 0.494 e. The third-order valence-corrected chi connectivity index (χ3v) is 6.50. The first kappa shape index (κ1) is 23.5. The summed E-state index contributed by atoms with van der Waals surface area (Å²) in [4.78, 5) is 24.9. The fourth-order valence-corrected chi connectivity index (χ4v) is 4.56. The van der Waals surface area contributed by atoms with Crippen LogP contribution in [0, 0.1) is 0 Å². The van der Waals surface area contributed by atoms with E-state index in [1.54, 1.807) is 17.5 Å². The highest BCUT2D eigenvalue weighted by Crippen LogP contribution is 2.25. The fourth-order valence-electron chi connectivity index (χ4n) is 3.17. The molecule has 2 amide bonds. The zero-order valence-electron chi connectivity index (χ0n) is 18.4. The van der Waals surface area contributed by atoms with Crippen molar-refractivity contribution in [2.45, 2.75) is 18.5 Å². The highest BCUT2D eigenvalue weighted by Gasteiger charge is 2.17. The van der Waals surface area contributed by atoms with Gasteiger partial charge in [-0.3, -0.25) is 25.0 Å². The molecule has 8 nitrogen and oxygen atoms in total. The van der Waals surface area contributed by atoms with E-state index in [2.05, 4.69) is 21.0 Å². The van der Waals surface area contributed by atoms with E-state index in [1.165, 1.54) is 23.1 Å². The number of ether oxygens (including phenoxy) is 1. The van der Waals surface area contributed by atoms with Crippen LogP contribution in [-0.4, -0.2) is 38.9 Å². The molecule has 174 valence electrons. The van der Waals surface area contributed by atoms with Crippen LogP contribution in [0.5, 0.6) is 5.75 Å². The van der Waals surface area contributed by atoms with Crippen molar-refractivity contribution in [3.8, 4) is 11.4 Å². The lowest BCUT2D eigenvalue weighted by atomic mass is 10.1. The molecule has 0 bridgehead atoms. The van der Waals surface area contributed by atoms with Crippen LogP contribution in [0.4, 0.5) is 0 Å². The predicted molar refractivity (Wildman–Crippen MR) is 132 cm³/mol. The number of amides is 2. The van der Waals surface area contributed by atoms with Crippen LogP contribution in [0.2, 0.25) is 0 Å². The Kier molecular flexibility index (Phi) is 7.95. The van der Waals surface area contributed by atoms with Gasteiger partial charge in [0.2, 0.25) is 5.91 Å². The quantitative estimate of drug-likeness (QED) is 0.271. The molecule has 2 N–H and O–H groups in total. The standard InChI is InChI=1S/C24H23N5O3S2/c1-2-32-19-12-10-18(11-13-19)29-21(15-17-7-4-3-5-8-17)25-28-24(29)34-16-22(30)26-27-23(31)20-9-6-14-33-20/h3-14H,2,15-16H2,1H3,(H,26,30)(H,27,31). The van der Waals surface area contributed by atoms with Gasteiger partial charge in [-0.25, -0.2) is 0 Å². The molecule has 0 spiro atoms. The lowest BCUT2D eigenvalue weighted by Gasteiger charge is -2.12. The van der Waals surface area contributed by atoms with Gasteiger partial charge in [0.15, 0.2) is 5.16 Å². The fraction of sp³-hybridized carbons (Fsp3) is 0.167. The summed E-state index contributed by atoms with van der Waals surface area (Å²) >= 11 is 2.54. The summed E-state index contributed by atoms with van der Waals surface area (Å²) in [7, 11) is 0. The molecule has 10 heteroatoms. The number of carbonyl (C=O) groups is 2. The number of aromatic nitrogens is 3. The van der Waals surface area contributed by atoms with E-state index in [-0.39, 0.29) is 17.6 Å². The highest BCUT2D eigenvalue weighted by atomic mass is 32.2. The Balaban J connectivity index is 1.48. The summed E-state index contributed by atoms with van der Waals surface area (Å²) in [5.41, 5.74) is 6.84. The highest BCUT2D eigenvalue weighted by molar-refractivity contribution is 7.99. The molecule has 2 aromatic heterocycles. The van der Waals surface area contributed by atoms with Crippen LogP contribution in [0.1, 0.15) is 28.0 Å². The zero-order valence-corrected chi connectivity index (χ0v) is 20.1. The van der Waals surface area contributed by atoms with Gasteiger partial charge in [-0.05, 0) is 48.2 Å². The third kappa shape index (κ3) is 6.03. The second-order valence-corrected chi connectivity index (χ2v) is 8.98. The van der Waals surface area contributed by atoms with E-state index in [4.69, 9.17) is 4.74 Å². The Morgan fingerprint density at radius 1 is 1.00 bits per heavy atom. The van der Waals surface area contributed by atoms with Gasteiger partial charge in [0.1, 0.15) is 11.6 Å². The minimum absolute atomic E-state index is 0.0607. The van der Waals surface area contributed by atoms with Crippen molar-refractivity contribution in [1.29, 1.82) is 0 Å². The van der Waals surface area contributed by atoms with Crippen molar-refractivity contribution < 1.29 is 14.3 Å². The zero-order chi connectivity index (χ0) is 23.8. The van der Waals surface area contributed by atoms with E-state index in [0.29, 0.717) is 23.1 Å². The topological polar surface area (TPSA) is 98.1 Å². The summed E-state index contributed by atoms with van der Waals surface area (Å²) in [6, 6.07) is 21.1. The summed E-state index contributed by atoms with van der Waals surface area (Å²) < 4.78 is 7.49. The summed E-state index contributed by atoms with van der Waals surface area (Å²) in [5, 5.41) is 11.1. The molecular formula is C24H23N5O3S2. The molecule has 2 aromatic carbocycles. The Hall–Kier alpha value is -3.63. The maximum atomic E-state index is 12.3. The monoisotopic (exact) mass is 493 g/mol. The Morgan fingerprint density at radius 2 is 1.79 bits per heavy atom. The molecule has 4 rings (SSSR count). The molecule has 0 aliphatic rings. The molecule has 0 saturated heterocycles. The lowest BCUT2D eigenvalue weighted by Crippen LogP contribution is -2.42. The maximum absolute atomic E-state index is 12.3. The number of hydrazine groups is 1. The van der Waals surface area contributed by atoms with Gasteiger partial charge in [-0.15, -0.1) is 21.5 Å². The number of carbonyl (C=O) groups excluding carboxylic acids is 2. The molecule has 0 atom stereocenters. The van der Waals surface area contributed by atoms with E-state index in [0.717, 1.165) is 22.8 Å². The smallest absolute Gasteiger partial charge is 0.279 e. The van der Waals surface area contributed by atoms with Crippen LogP contribution in [0.15, 0.2) is 77.3 Å². The number of benzene rings is 2. The summed E-state index contributed by atoms with van der Waals surface area (Å²) in [6.07, 6.45) is 0.588. The summed E-state index contributed by atoms with van der Waals surface area (Å²) in [6.45, 7) is 2.53. The van der Waals surface area contributed by atoms with E-state index < -0.39 is 0 Å². The lowest BCUT2D eigenvalue weighted by molar-refractivity contribution is -0.119. The molecular weight excluding hydrogens is 470 g/mol. The average Bonchev–Trinajstić information content (AvgIpc) is 3.53. The van der Waals surface area contributed by atoms with Crippen LogP contribution in [0.3, 0.4) is 0 Å². The number of nitrogens with zero attached hydrogens (tertiary/aromatic N) is 3. The Labute approximate surface area is 205 Å². The first-order chi connectivity index (χ1) is 16.6. The number of rotatable bonds is 9. The minimum Gasteiger partial charge on any atom is -0.494 e. The number of hydrogen-bond acceptors (Lipinski definition) is 7. The second kappa shape index (κ2) is 11.5. The van der Waals surface area contributed by atoms with Crippen LogP contribution in [-0.2, 0) is 11.2 Å². The predicted octanol–water partition coefficient (Wildman–Crippen LogP) is 3.87. The van der Waals surface area contributed by atoms with E-state index in [9.17, 15) is 9.59 Å². The molecule has 0 aliphatic carbocycles. The molecule has 0 radical (unpaired) electrons. The Bertz CT molecular complexity index is 1230. The van der Waals surface area contributed by atoms with Gasteiger partial charge < -0.3 is 4.74 Å². The SMILES string of the molecule is CCOc1ccc(-n2c(Cc3ccccc3)nnc2SCC(=O)NNC(=O)c2cccs2)cc1. The van der Waals surface area contributed by atoms with Crippen molar-refractivity contribution in [3.05, 3.63) is 88.4 Å². The van der Waals surface area contributed by atoms with Crippen molar-refractivity contribution >= 4 is 34.9 Å². The number of hydrogen-bond donors (Lipinski definition) is 2. The molecule has 0 aliphatic heterocycles. The third-order valence-electron chi connectivity index (χ3n) is 4.70. The van der Waals surface area contributed by atoms with Crippen LogP contribution in [0.25, 0.3) is 5.69 Å². The van der Waals surface area contributed by atoms with Gasteiger partial charge in [0, 0.05) is 12.1 Å². The minimum atomic E-state index is -0.351. The second-order valence-electron chi connectivity index (χ2n) is 7.09. The van der Waals surface area contributed by atoms with Gasteiger partial charge >= 0.3 is 0 Å². The number of thiophene rings is 1. The first-order valence-corrected chi connectivity index (χ1v) is 12.5. The Morgan fingerprint density at radius 3 is 2.50 bits per heavy atom. The van der Waals surface area contributed by atoms with E-state index >= 15 is 0 Å². The molecule has 34 heavy (non-hydrogen) atoms. The maximum Gasteiger partial charge on any atom is 0.279 e. The van der Waals surface area contributed by atoms with E-state index in [1.807, 2.05) is 66.1 Å². The summed E-state index contributed by atoms with van der Waals surface area (Å²) in [5.74, 6) is 0.894. The van der Waals surface area contributed by atoms with Gasteiger partial charge in [0.25, 0.3) is 5.91 Å². The van der Waals surface area contributed by atoms with Crippen molar-refractivity contribution in [2.75, 3.05) is 12.4 Å². The van der Waals surface area contributed by atoms with Crippen molar-refractivity contribution in [1.82, 2.24) is 25.6 Å². The first-order valence-electron chi connectivity index (χ1n) is 10.6. The molecule has 2 heterocycles. The molecule has 0 fully saturated rings. The van der Waals surface area contributed by atoms with Gasteiger partial charge in [-0.1, -0.05) is 48.2 Å². The van der Waals surface area contributed by atoms with Crippen LogP contribution < -0.4 is 15.6 Å². The van der Waals surface area contributed by atoms with Crippen molar-refractivity contribution in [3.63, 3.8) is 0 Å². The van der Waals surface area contributed by atoms with Crippen molar-refractivity contribution in [2.24, 2.45) is 0 Å². The van der Waals surface area contributed by atoms with Crippen LogP contribution >= 0.6 is 23.1 Å².